The number of rotatable bonds is 6. The van der Waals surface area contributed by atoms with Crippen molar-refractivity contribution in [2.24, 2.45) is 11.7 Å². The predicted molar refractivity (Wildman–Crippen MR) is 105 cm³/mol. The molecule has 0 unspecified atom stereocenters. The maximum absolute atomic E-state index is 6.54. The molecule has 2 aromatic rings. The van der Waals surface area contributed by atoms with E-state index < -0.39 is 0 Å². The lowest BCUT2D eigenvalue weighted by atomic mass is 9.81. The molecule has 0 bridgehead atoms. The molecule has 0 spiro atoms. The van der Waals surface area contributed by atoms with E-state index in [9.17, 15) is 0 Å². The zero-order valence-corrected chi connectivity index (χ0v) is 15.6. The first-order chi connectivity index (χ1) is 11.8. The summed E-state index contributed by atoms with van der Waals surface area (Å²) >= 11 is 0. The van der Waals surface area contributed by atoms with Gasteiger partial charge in [-0.1, -0.05) is 55.7 Å². The smallest absolute Gasteiger partial charge is 0.161 e. The molecule has 3 rings (SSSR count). The lowest BCUT2D eigenvalue weighted by Gasteiger charge is -2.28. The molecule has 25 heavy (non-hydrogen) atoms. The van der Waals surface area contributed by atoms with Crippen LogP contribution in [0.25, 0.3) is 0 Å². The minimum atomic E-state index is 0. The molecular weight excluding hydrogens is 334 g/mol. The van der Waals surface area contributed by atoms with Gasteiger partial charge in [-0.2, -0.15) is 0 Å². The molecule has 1 fully saturated rings. The highest BCUT2D eigenvalue weighted by molar-refractivity contribution is 5.85. The lowest BCUT2D eigenvalue weighted by molar-refractivity contribution is 0.281. The van der Waals surface area contributed by atoms with Crippen LogP contribution in [0, 0.1) is 5.92 Å². The van der Waals surface area contributed by atoms with E-state index >= 15 is 0 Å². The predicted octanol–water partition coefficient (Wildman–Crippen LogP) is 5.28. The summed E-state index contributed by atoms with van der Waals surface area (Å²) in [6.45, 7) is 0.527. The van der Waals surface area contributed by atoms with Crippen molar-refractivity contribution in [2.45, 2.75) is 44.8 Å². The summed E-state index contributed by atoms with van der Waals surface area (Å²) in [7, 11) is 1.67. The summed E-state index contributed by atoms with van der Waals surface area (Å²) in [4.78, 5) is 0. The van der Waals surface area contributed by atoms with Crippen LogP contribution in [0.3, 0.4) is 0 Å². The Morgan fingerprint density at radius 3 is 2.40 bits per heavy atom. The topological polar surface area (TPSA) is 44.5 Å². The number of nitrogens with two attached hydrogens (primary N) is 1. The standard InChI is InChI=1S/C21H27NO2.ClH/c1-23-19-13-12-18(21(22)17-10-6-3-7-11-17)14-20(19)24-15-16-8-4-2-5-9-16;/h2,4-5,8-9,12-14,17,21H,3,6-7,10-11,15,22H2,1H3;1H/t21-;/m0./s1. The van der Waals surface area contributed by atoms with Crippen molar-refractivity contribution in [3.05, 3.63) is 59.7 Å². The summed E-state index contributed by atoms with van der Waals surface area (Å²) in [5, 5.41) is 0. The van der Waals surface area contributed by atoms with Gasteiger partial charge in [-0.15, -0.1) is 12.4 Å². The maximum Gasteiger partial charge on any atom is 0.161 e. The van der Waals surface area contributed by atoms with Gasteiger partial charge in [-0.05, 0) is 42.0 Å². The van der Waals surface area contributed by atoms with E-state index in [0.29, 0.717) is 12.5 Å². The Hall–Kier alpha value is -1.71. The fraction of sp³-hybridized carbons (Fsp3) is 0.429. The Labute approximate surface area is 156 Å². The molecule has 1 aliphatic carbocycles. The number of ether oxygens (including phenoxy) is 2. The Morgan fingerprint density at radius 2 is 1.72 bits per heavy atom. The van der Waals surface area contributed by atoms with Crippen molar-refractivity contribution in [1.82, 2.24) is 0 Å². The van der Waals surface area contributed by atoms with Gasteiger partial charge < -0.3 is 15.2 Å². The zero-order valence-electron chi connectivity index (χ0n) is 14.8. The average molecular weight is 362 g/mol. The highest BCUT2D eigenvalue weighted by Gasteiger charge is 2.22. The van der Waals surface area contributed by atoms with E-state index in [1.54, 1.807) is 7.11 Å². The summed E-state index contributed by atoms with van der Waals surface area (Å²) in [6.07, 6.45) is 6.40. The Kier molecular flexibility index (Phi) is 7.60. The minimum Gasteiger partial charge on any atom is -0.493 e. The van der Waals surface area contributed by atoms with E-state index in [4.69, 9.17) is 15.2 Å². The first kappa shape index (κ1) is 19.6. The van der Waals surface area contributed by atoms with Crippen LogP contribution in [0.2, 0.25) is 0 Å². The van der Waals surface area contributed by atoms with Crippen molar-refractivity contribution in [3.63, 3.8) is 0 Å². The second kappa shape index (κ2) is 9.69. The van der Waals surface area contributed by atoms with Crippen molar-refractivity contribution < 1.29 is 9.47 Å². The number of benzene rings is 2. The van der Waals surface area contributed by atoms with Crippen LogP contribution in [-0.2, 0) is 6.61 Å². The van der Waals surface area contributed by atoms with E-state index in [1.807, 2.05) is 24.3 Å². The third-order valence-electron chi connectivity index (χ3n) is 4.97. The van der Waals surface area contributed by atoms with Crippen LogP contribution in [0.15, 0.2) is 48.5 Å². The fourth-order valence-corrected chi connectivity index (χ4v) is 3.51. The molecule has 2 N–H and O–H groups in total. The number of hydrogen-bond donors (Lipinski definition) is 1. The molecule has 4 heteroatoms. The summed E-state index contributed by atoms with van der Waals surface area (Å²) in [6, 6.07) is 16.3. The second-order valence-electron chi connectivity index (χ2n) is 6.61. The third-order valence-corrected chi connectivity index (χ3v) is 4.97. The largest absolute Gasteiger partial charge is 0.493 e. The number of halogens is 1. The van der Waals surface area contributed by atoms with Gasteiger partial charge in [0.15, 0.2) is 11.5 Å². The molecule has 1 aliphatic rings. The molecule has 0 heterocycles. The molecule has 0 radical (unpaired) electrons. The third kappa shape index (κ3) is 5.13. The van der Waals surface area contributed by atoms with E-state index in [2.05, 4.69) is 24.3 Å². The van der Waals surface area contributed by atoms with E-state index in [-0.39, 0.29) is 18.4 Å². The Morgan fingerprint density at radius 1 is 1.00 bits per heavy atom. The molecule has 0 aromatic heterocycles. The van der Waals surface area contributed by atoms with Crippen LogP contribution < -0.4 is 15.2 Å². The van der Waals surface area contributed by atoms with Gasteiger partial charge in [0.2, 0.25) is 0 Å². The Bertz CT molecular complexity index is 642. The number of methoxy groups -OCH3 is 1. The quantitative estimate of drug-likeness (QED) is 0.761. The fourth-order valence-electron chi connectivity index (χ4n) is 3.51. The Balaban J connectivity index is 0.00000225. The zero-order chi connectivity index (χ0) is 16.8. The van der Waals surface area contributed by atoms with Crippen molar-refractivity contribution >= 4 is 12.4 Å². The van der Waals surface area contributed by atoms with Gasteiger partial charge in [0, 0.05) is 6.04 Å². The van der Waals surface area contributed by atoms with Crippen LogP contribution in [0.1, 0.15) is 49.3 Å². The summed E-state index contributed by atoms with van der Waals surface area (Å²) in [5.41, 5.74) is 8.83. The molecule has 1 saturated carbocycles. The van der Waals surface area contributed by atoms with Crippen molar-refractivity contribution in [1.29, 1.82) is 0 Å². The van der Waals surface area contributed by atoms with E-state index in [0.717, 1.165) is 22.6 Å². The van der Waals surface area contributed by atoms with Gasteiger partial charge >= 0.3 is 0 Å². The van der Waals surface area contributed by atoms with Gasteiger partial charge in [-0.3, -0.25) is 0 Å². The van der Waals surface area contributed by atoms with Gasteiger partial charge in [0.1, 0.15) is 6.61 Å². The average Bonchev–Trinajstić information content (AvgIpc) is 2.67. The molecule has 2 aromatic carbocycles. The van der Waals surface area contributed by atoms with Crippen molar-refractivity contribution in [3.8, 4) is 11.5 Å². The first-order valence-corrected chi connectivity index (χ1v) is 8.88. The molecule has 136 valence electrons. The van der Waals surface area contributed by atoms with Crippen LogP contribution >= 0.6 is 12.4 Å². The lowest BCUT2D eigenvalue weighted by Crippen LogP contribution is -2.23. The summed E-state index contributed by atoms with van der Waals surface area (Å²) < 4.78 is 11.5. The minimum absolute atomic E-state index is 0. The number of hydrogen-bond acceptors (Lipinski definition) is 3. The monoisotopic (exact) mass is 361 g/mol. The molecule has 0 aliphatic heterocycles. The SMILES string of the molecule is COc1ccc([C@@H](N)C2CCCCC2)cc1OCc1ccccc1.Cl. The molecular formula is C21H28ClNO2. The molecule has 0 amide bonds. The molecule has 1 atom stereocenters. The van der Waals surface area contributed by atoms with Crippen LogP contribution in [-0.4, -0.2) is 7.11 Å². The first-order valence-electron chi connectivity index (χ1n) is 8.88. The highest BCUT2D eigenvalue weighted by Crippen LogP contribution is 2.36. The normalized spacial score (nSPS) is 15.9. The van der Waals surface area contributed by atoms with E-state index in [1.165, 1.54) is 32.1 Å². The van der Waals surface area contributed by atoms with Gasteiger partial charge in [0.05, 0.1) is 7.11 Å². The molecule has 3 nitrogen and oxygen atoms in total. The van der Waals surface area contributed by atoms with Gasteiger partial charge in [0.25, 0.3) is 0 Å². The maximum atomic E-state index is 6.54. The highest BCUT2D eigenvalue weighted by atomic mass is 35.5. The molecule has 0 saturated heterocycles. The van der Waals surface area contributed by atoms with Crippen molar-refractivity contribution in [2.75, 3.05) is 7.11 Å². The van der Waals surface area contributed by atoms with Gasteiger partial charge in [-0.25, -0.2) is 0 Å². The summed E-state index contributed by atoms with van der Waals surface area (Å²) in [5.74, 6) is 2.10. The van der Waals surface area contributed by atoms with Crippen LogP contribution in [0.5, 0.6) is 11.5 Å². The second-order valence-corrected chi connectivity index (χ2v) is 6.61. The van der Waals surface area contributed by atoms with Crippen LogP contribution in [0.4, 0.5) is 0 Å².